The summed E-state index contributed by atoms with van der Waals surface area (Å²) in [6.07, 6.45) is 0.431. The van der Waals surface area contributed by atoms with E-state index in [1.54, 1.807) is 26.0 Å². The average Bonchev–Trinajstić information content (AvgIpc) is 2.66. The van der Waals surface area contributed by atoms with Gasteiger partial charge in [0, 0.05) is 29.7 Å². The zero-order valence-electron chi connectivity index (χ0n) is 14.5. The van der Waals surface area contributed by atoms with Gasteiger partial charge < -0.3 is 20.5 Å². The van der Waals surface area contributed by atoms with Gasteiger partial charge >= 0.3 is 0 Å². The normalized spacial score (nSPS) is 11.6. The first kappa shape index (κ1) is 19.1. The summed E-state index contributed by atoms with van der Waals surface area (Å²) in [6.45, 7) is 0.434. The predicted octanol–water partition coefficient (Wildman–Crippen LogP) is 3.00. The van der Waals surface area contributed by atoms with Gasteiger partial charge in [0.1, 0.15) is 0 Å². The number of methoxy groups -OCH3 is 2. The lowest BCUT2D eigenvalue weighted by molar-refractivity contribution is -0.120. The van der Waals surface area contributed by atoms with E-state index in [4.69, 9.17) is 15.2 Å². The molecule has 0 bridgehead atoms. The third kappa shape index (κ3) is 5.99. The van der Waals surface area contributed by atoms with Crippen molar-refractivity contribution < 1.29 is 14.3 Å². The molecule has 0 aliphatic heterocycles. The van der Waals surface area contributed by atoms with Gasteiger partial charge in [-0.15, -0.1) is 11.8 Å². The van der Waals surface area contributed by atoms with Crippen LogP contribution < -0.4 is 20.5 Å². The minimum absolute atomic E-state index is 0.000595. The molecule has 134 valence electrons. The number of thioether (sulfide) groups is 1. The van der Waals surface area contributed by atoms with Crippen molar-refractivity contribution in [3.05, 3.63) is 54.1 Å². The van der Waals surface area contributed by atoms with Crippen molar-refractivity contribution in [3.8, 4) is 11.5 Å². The van der Waals surface area contributed by atoms with Crippen LogP contribution in [0.15, 0.2) is 53.4 Å². The van der Waals surface area contributed by atoms with Crippen LogP contribution in [0.25, 0.3) is 0 Å². The molecule has 0 aromatic heterocycles. The smallest absolute Gasteiger partial charge is 0.220 e. The van der Waals surface area contributed by atoms with Crippen LogP contribution in [0.4, 0.5) is 0 Å². The van der Waals surface area contributed by atoms with Crippen molar-refractivity contribution in [1.29, 1.82) is 0 Å². The lowest BCUT2D eigenvalue weighted by atomic mass is 10.1. The minimum atomic E-state index is -0.191. The Labute approximate surface area is 152 Å². The van der Waals surface area contributed by atoms with Crippen LogP contribution in [0.3, 0.4) is 0 Å². The maximum absolute atomic E-state index is 12.0. The van der Waals surface area contributed by atoms with Crippen molar-refractivity contribution in [2.45, 2.75) is 17.4 Å². The van der Waals surface area contributed by atoms with E-state index in [2.05, 4.69) is 5.32 Å². The number of rotatable bonds is 9. The van der Waals surface area contributed by atoms with Crippen LogP contribution >= 0.6 is 11.8 Å². The maximum Gasteiger partial charge on any atom is 0.220 e. The quantitative estimate of drug-likeness (QED) is 0.673. The van der Waals surface area contributed by atoms with Gasteiger partial charge in [-0.3, -0.25) is 4.79 Å². The summed E-state index contributed by atoms with van der Waals surface area (Å²) in [5, 5.41) is 2.89. The van der Waals surface area contributed by atoms with Gasteiger partial charge in [0.25, 0.3) is 0 Å². The number of ether oxygens (including phenoxy) is 2. The van der Waals surface area contributed by atoms with E-state index in [0.717, 1.165) is 10.5 Å². The van der Waals surface area contributed by atoms with E-state index in [1.807, 2.05) is 48.5 Å². The molecule has 0 radical (unpaired) electrons. The summed E-state index contributed by atoms with van der Waals surface area (Å²) in [7, 11) is 3.21. The topological polar surface area (TPSA) is 73.6 Å². The molecular formula is C19H24N2O3S. The highest BCUT2D eigenvalue weighted by Gasteiger charge is 2.09. The molecule has 1 atom stereocenters. The Balaban J connectivity index is 1.73. The van der Waals surface area contributed by atoms with Crippen molar-refractivity contribution in [2.24, 2.45) is 5.73 Å². The molecule has 0 aliphatic rings. The zero-order valence-corrected chi connectivity index (χ0v) is 15.3. The summed E-state index contributed by atoms with van der Waals surface area (Å²) in [6, 6.07) is 15.3. The molecule has 3 N–H and O–H groups in total. The first-order chi connectivity index (χ1) is 12.1. The molecule has 5 nitrogen and oxygen atoms in total. The van der Waals surface area contributed by atoms with Crippen LogP contribution in [-0.4, -0.2) is 32.4 Å². The number of hydrogen-bond acceptors (Lipinski definition) is 5. The predicted molar refractivity (Wildman–Crippen MR) is 101 cm³/mol. The Morgan fingerprint density at radius 3 is 2.52 bits per heavy atom. The van der Waals surface area contributed by atoms with Crippen molar-refractivity contribution in [1.82, 2.24) is 5.32 Å². The number of hydrogen-bond donors (Lipinski definition) is 2. The Morgan fingerprint density at radius 1 is 1.12 bits per heavy atom. The Hall–Kier alpha value is -2.18. The van der Waals surface area contributed by atoms with E-state index < -0.39 is 0 Å². The lowest BCUT2D eigenvalue weighted by Crippen LogP contribution is -2.32. The van der Waals surface area contributed by atoms with E-state index >= 15 is 0 Å². The second kappa shape index (κ2) is 9.96. The molecule has 2 aromatic carbocycles. The van der Waals surface area contributed by atoms with Crippen LogP contribution in [-0.2, 0) is 4.79 Å². The second-order valence-electron chi connectivity index (χ2n) is 5.44. The average molecular weight is 360 g/mol. The van der Waals surface area contributed by atoms with E-state index in [0.29, 0.717) is 30.2 Å². The molecule has 25 heavy (non-hydrogen) atoms. The Kier molecular flexibility index (Phi) is 7.63. The molecule has 0 heterocycles. The molecule has 1 amide bonds. The number of benzene rings is 2. The molecular weight excluding hydrogens is 336 g/mol. The second-order valence-corrected chi connectivity index (χ2v) is 6.60. The van der Waals surface area contributed by atoms with E-state index in [-0.39, 0.29) is 11.9 Å². The number of amides is 1. The molecule has 2 rings (SSSR count). The highest BCUT2D eigenvalue weighted by molar-refractivity contribution is 7.99. The highest BCUT2D eigenvalue weighted by atomic mass is 32.2. The molecule has 0 saturated carbocycles. The van der Waals surface area contributed by atoms with Crippen LogP contribution in [0.2, 0.25) is 0 Å². The van der Waals surface area contributed by atoms with Crippen molar-refractivity contribution in [3.63, 3.8) is 0 Å². The SMILES string of the molecule is COc1ccc(SCCC(=O)NCC(N)c2ccccc2)cc1OC. The molecule has 0 aliphatic carbocycles. The largest absolute Gasteiger partial charge is 0.493 e. The van der Waals surface area contributed by atoms with Gasteiger partial charge in [0.05, 0.1) is 14.2 Å². The van der Waals surface area contributed by atoms with Crippen LogP contribution in [0.5, 0.6) is 11.5 Å². The van der Waals surface area contributed by atoms with Crippen molar-refractivity contribution >= 4 is 17.7 Å². The summed E-state index contributed by atoms with van der Waals surface area (Å²) in [5.41, 5.74) is 7.09. The molecule has 0 fully saturated rings. The number of carbonyl (C=O) groups is 1. The van der Waals surface area contributed by atoms with Crippen molar-refractivity contribution in [2.75, 3.05) is 26.5 Å². The molecule has 6 heteroatoms. The molecule has 0 saturated heterocycles. The zero-order chi connectivity index (χ0) is 18.1. The van der Waals surface area contributed by atoms with Gasteiger partial charge in [-0.2, -0.15) is 0 Å². The van der Waals surface area contributed by atoms with E-state index in [9.17, 15) is 4.79 Å². The molecule has 0 spiro atoms. The van der Waals surface area contributed by atoms with Gasteiger partial charge in [0.15, 0.2) is 11.5 Å². The van der Waals surface area contributed by atoms with Crippen LogP contribution in [0, 0.1) is 0 Å². The fourth-order valence-electron chi connectivity index (χ4n) is 2.30. The number of nitrogens with two attached hydrogens (primary N) is 1. The fourth-order valence-corrected chi connectivity index (χ4v) is 3.18. The summed E-state index contributed by atoms with van der Waals surface area (Å²) in [5.74, 6) is 2.06. The van der Waals surface area contributed by atoms with Gasteiger partial charge in [-0.05, 0) is 23.8 Å². The third-order valence-electron chi connectivity index (χ3n) is 3.70. The summed E-state index contributed by atoms with van der Waals surface area (Å²) < 4.78 is 10.5. The monoisotopic (exact) mass is 360 g/mol. The maximum atomic E-state index is 12.0. The highest BCUT2D eigenvalue weighted by Crippen LogP contribution is 2.31. The van der Waals surface area contributed by atoms with Gasteiger partial charge in [-0.25, -0.2) is 0 Å². The van der Waals surface area contributed by atoms with Gasteiger partial charge in [0.2, 0.25) is 5.91 Å². The minimum Gasteiger partial charge on any atom is -0.493 e. The lowest BCUT2D eigenvalue weighted by Gasteiger charge is -2.13. The number of carbonyl (C=O) groups excluding carboxylic acids is 1. The Bertz CT molecular complexity index is 680. The summed E-state index contributed by atoms with van der Waals surface area (Å²) in [4.78, 5) is 13.0. The first-order valence-electron chi connectivity index (χ1n) is 8.06. The molecule has 2 aromatic rings. The van der Waals surface area contributed by atoms with Crippen LogP contribution in [0.1, 0.15) is 18.0 Å². The standard InChI is InChI=1S/C19H24N2O3S/c1-23-17-9-8-15(12-18(17)24-2)25-11-10-19(22)21-13-16(20)14-6-4-3-5-7-14/h3-9,12,16H,10-11,13,20H2,1-2H3,(H,21,22). The Morgan fingerprint density at radius 2 is 1.84 bits per heavy atom. The molecule has 1 unspecified atom stereocenters. The summed E-state index contributed by atoms with van der Waals surface area (Å²) >= 11 is 1.60. The first-order valence-corrected chi connectivity index (χ1v) is 9.04. The van der Waals surface area contributed by atoms with E-state index in [1.165, 1.54) is 0 Å². The number of nitrogens with one attached hydrogen (secondary N) is 1. The fraction of sp³-hybridized carbons (Fsp3) is 0.316. The third-order valence-corrected chi connectivity index (χ3v) is 4.70. The van der Waals surface area contributed by atoms with Gasteiger partial charge in [-0.1, -0.05) is 30.3 Å².